The first-order chi connectivity index (χ1) is 5.24. The van der Waals surface area contributed by atoms with E-state index in [1.54, 1.807) is 20.8 Å². The van der Waals surface area contributed by atoms with Crippen LogP contribution >= 0.6 is 0 Å². The second kappa shape index (κ2) is 3.53. The predicted molar refractivity (Wildman–Crippen MR) is 42.9 cm³/mol. The summed E-state index contributed by atoms with van der Waals surface area (Å²) in [6.07, 6.45) is -0.838. The molecule has 0 aliphatic carbocycles. The molecule has 0 aromatic heterocycles. The molecule has 0 saturated heterocycles. The lowest BCUT2D eigenvalue weighted by atomic mass is 10.2. The van der Waals surface area contributed by atoms with Gasteiger partial charge in [-0.15, -0.1) is 0 Å². The van der Waals surface area contributed by atoms with Crippen LogP contribution in [-0.4, -0.2) is 22.6 Å². The highest BCUT2D eigenvalue weighted by Gasteiger charge is 2.22. The molecule has 0 rings (SSSR count). The van der Waals surface area contributed by atoms with Crippen molar-refractivity contribution < 1.29 is 14.3 Å². The molecule has 0 spiro atoms. The highest BCUT2D eigenvalue weighted by Crippen LogP contribution is 2.08. The Morgan fingerprint density at radius 2 is 1.75 bits per heavy atom. The van der Waals surface area contributed by atoms with E-state index in [1.165, 1.54) is 6.92 Å². The van der Waals surface area contributed by atoms with Crippen molar-refractivity contribution in [3.63, 3.8) is 0 Å². The van der Waals surface area contributed by atoms with Crippen molar-refractivity contribution in [3.05, 3.63) is 0 Å². The van der Waals surface area contributed by atoms with Gasteiger partial charge in [-0.25, -0.2) is 10.6 Å². The van der Waals surface area contributed by atoms with Gasteiger partial charge in [0.05, 0.1) is 0 Å². The number of carbonyl (C=O) groups is 2. The maximum atomic E-state index is 11.0. The van der Waals surface area contributed by atoms with E-state index >= 15 is 0 Å². The van der Waals surface area contributed by atoms with Gasteiger partial charge in [0.1, 0.15) is 5.60 Å². The number of hydrogen-bond donors (Lipinski definition) is 1. The first kappa shape index (κ1) is 10.9. The van der Waals surface area contributed by atoms with Gasteiger partial charge in [0.2, 0.25) is 5.91 Å². The Hall–Kier alpha value is -1.10. The second-order valence-electron chi connectivity index (χ2n) is 3.37. The van der Waals surface area contributed by atoms with Crippen LogP contribution in [0.4, 0.5) is 4.79 Å². The highest BCUT2D eigenvalue weighted by molar-refractivity contribution is 5.89. The number of nitrogens with zero attached hydrogens (tertiary/aromatic N) is 1. The number of nitrogens with two attached hydrogens (primary N) is 1. The Morgan fingerprint density at radius 3 is 2.00 bits per heavy atom. The maximum absolute atomic E-state index is 11.0. The monoisotopic (exact) mass is 174 g/mol. The van der Waals surface area contributed by atoms with Gasteiger partial charge in [0.15, 0.2) is 0 Å². The van der Waals surface area contributed by atoms with Crippen molar-refractivity contribution in [2.75, 3.05) is 0 Å². The third-order valence-corrected chi connectivity index (χ3v) is 0.929. The van der Waals surface area contributed by atoms with E-state index in [-0.39, 0.29) is 0 Å². The number of rotatable bonds is 0. The molecule has 0 heterocycles. The number of carbonyl (C=O) groups excluding carboxylic acids is 2. The average Bonchev–Trinajstić information content (AvgIpc) is 1.82. The van der Waals surface area contributed by atoms with Crippen molar-refractivity contribution in [2.24, 2.45) is 5.84 Å². The van der Waals surface area contributed by atoms with Crippen molar-refractivity contribution >= 4 is 12.0 Å². The molecule has 5 heteroatoms. The summed E-state index contributed by atoms with van der Waals surface area (Å²) in [5, 5.41) is 0.436. The fourth-order valence-electron chi connectivity index (χ4n) is 0.440. The first-order valence-electron chi connectivity index (χ1n) is 3.52. The van der Waals surface area contributed by atoms with Crippen LogP contribution in [0.5, 0.6) is 0 Å². The molecule has 0 aliphatic rings. The van der Waals surface area contributed by atoms with Gasteiger partial charge in [0, 0.05) is 6.92 Å². The van der Waals surface area contributed by atoms with Crippen molar-refractivity contribution in [3.8, 4) is 0 Å². The number of amides is 2. The normalized spacial score (nSPS) is 10.8. The van der Waals surface area contributed by atoms with E-state index in [4.69, 9.17) is 10.6 Å². The summed E-state index contributed by atoms with van der Waals surface area (Å²) in [7, 11) is 0. The number of hydrogen-bond acceptors (Lipinski definition) is 4. The Labute approximate surface area is 71.4 Å². The number of hydrazine groups is 1. The number of ether oxygens (including phenoxy) is 1. The summed E-state index contributed by atoms with van der Waals surface area (Å²) >= 11 is 0. The largest absolute Gasteiger partial charge is 0.442 e. The molecule has 0 atom stereocenters. The number of imide groups is 1. The zero-order chi connectivity index (χ0) is 9.94. The molecule has 0 aromatic carbocycles. The fourth-order valence-corrected chi connectivity index (χ4v) is 0.440. The summed E-state index contributed by atoms with van der Waals surface area (Å²) in [5.74, 6) is 4.52. The summed E-state index contributed by atoms with van der Waals surface area (Å²) in [6, 6.07) is 0. The zero-order valence-corrected chi connectivity index (χ0v) is 7.75. The lowest BCUT2D eigenvalue weighted by Gasteiger charge is -2.22. The van der Waals surface area contributed by atoms with Crippen LogP contribution in [0, 0.1) is 0 Å². The van der Waals surface area contributed by atoms with Gasteiger partial charge < -0.3 is 4.74 Å². The van der Waals surface area contributed by atoms with E-state index < -0.39 is 17.6 Å². The summed E-state index contributed by atoms with van der Waals surface area (Å²) < 4.78 is 4.80. The van der Waals surface area contributed by atoms with Gasteiger partial charge in [-0.1, -0.05) is 0 Å². The average molecular weight is 174 g/mol. The predicted octanol–water partition coefficient (Wildman–Crippen LogP) is 0.644. The van der Waals surface area contributed by atoms with E-state index in [1.807, 2.05) is 0 Å². The van der Waals surface area contributed by atoms with Crippen molar-refractivity contribution in [1.29, 1.82) is 0 Å². The van der Waals surface area contributed by atoms with E-state index in [9.17, 15) is 9.59 Å². The third-order valence-electron chi connectivity index (χ3n) is 0.929. The van der Waals surface area contributed by atoms with Crippen LogP contribution in [0.1, 0.15) is 27.7 Å². The van der Waals surface area contributed by atoms with Gasteiger partial charge in [-0.3, -0.25) is 4.79 Å². The Bertz CT molecular complexity index is 195. The SMILES string of the molecule is CC(=O)N(N)C(=O)OC(C)(C)C. The minimum Gasteiger partial charge on any atom is -0.442 e. The topological polar surface area (TPSA) is 72.6 Å². The Morgan fingerprint density at radius 1 is 1.33 bits per heavy atom. The lowest BCUT2D eigenvalue weighted by molar-refractivity contribution is -0.128. The lowest BCUT2D eigenvalue weighted by Crippen LogP contribution is -2.44. The third kappa shape index (κ3) is 3.92. The Balaban J connectivity index is 4.15. The van der Waals surface area contributed by atoms with Gasteiger partial charge in [-0.05, 0) is 20.8 Å². The van der Waals surface area contributed by atoms with Crippen molar-refractivity contribution in [1.82, 2.24) is 5.01 Å². The minimum absolute atomic E-state index is 0.436. The summed E-state index contributed by atoms with van der Waals surface area (Å²) in [4.78, 5) is 21.5. The molecule has 0 radical (unpaired) electrons. The summed E-state index contributed by atoms with van der Waals surface area (Å²) in [6.45, 7) is 6.26. The molecule has 2 amide bonds. The molecule has 12 heavy (non-hydrogen) atoms. The van der Waals surface area contributed by atoms with Crippen LogP contribution in [-0.2, 0) is 9.53 Å². The first-order valence-corrected chi connectivity index (χ1v) is 3.52. The van der Waals surface area contributed by atoms with Crippen LogP contribution in [0.15, 0.2) is 0 Å². The van der Waals surface area contributed by atoms with Crippen LogP contribution in [0.2, 0.25) is 0 Å². The van der Waals surface area contributed by atoms with Gasteiger partial charge >= 0.3 is 6.09 Å². The van der Waals surface area contributed by atoms with E-state index in [2.05, 4.69) is 0 Å². The molecule has 0 bridgehead atoms. The van der Waals surface area contributed by atoms with Crippen molar-refractivity contribution in [2.45, 2.75) is 33.3 Å². The molecular formula is C7H14N2O3. The highest BCUT2D eigenvalue weighted by atomic mass is 16.6. The molecule has 2 N–H and O–H groups in total. The molecule has 0 unspecified atom stereocenters. The molecule has 0 fully saturated rings. The van der Waals surface area contributed by atoms with Crippen LogP contribution in [0.25, 0.3) is 0 Å². The van der Waals surface area contributed by atoms with Crippen LogP contribution in [0.3, 0.4) is 0 Å². The molecule has 5 nitrogen and oxygen atoms in total. The second-order valence-corrected chi connectivity index (χ2v) is 3.37. The standard InChI is InChI=1S/C7H14N2O3/c1-5(10)9(8)6(11)12-7(2,3)4/h8H2,1-4H3. The summed E-state index contributed by atoms with van der Waals surface area (Å²) in [5.41, 5.74) is -0.635. The molecule has 0 saturated carbocycles. The molecule has 70 valence electrons. The van der Waals surface area contributed by atoms with Crippen LogP contribution < -0.4 is 5.84 Å². The smallest absolute Gasteiger partial charge is 0.431 e. The minimum atomic E-state index is -0.838. The maximum Gasteiger partial charge on any atom is 0.431 e. The zero-order valence-electron chi connectivity index (χ0n) is 7.75. The van der Waals surface area contributed by atoms with E-state index in [0.29, 0.717) is 5.01 Å². The quantitative estimate of drug-likeness (QED) is 0.332. The molecule has 0 aromatic rings. The molecule has 0 aliphatic heterocycles. The van der Waals surface area contributed by atoms with Gasteiger partial charge in [-0.2, -0.15) is 5.01 Å². The van der Waals surface area contributed by atoms with Gasteiger partial charge in [0.25, 0.3) is 0 Å². The fraction of sp³-hybridized carbons (Fsp3) is 0.714. The Kier molecular flexibility index (Phi) is 3.21. The molecular weight excluding hydrogens is 160 g/mol. The van der Waals surface area contributed by atoms with E-state index in [0.717, 1.165) is 0 Å².